The summed E-state index contributed by atoms with van der Waals surface area (Å²) in [6, 6.07) is 4.38. The van der Waals surface area contributed by atoms with Crippen LogP contribution >= 0.6 is 27.5 Å². The summed E-state index contributed by atoms with van der Waals surface area (Å²) in [5, 5.41) is 9.84. The first-order valence-corrected chi connectivity index (χ1v) is 11.7. The second-order valence-corrected chi connectivity index (χ2v) is 8.97. The van der Waals surface area contributed by atoms with E-state index in [4.69, 9.17) is 11.6 Å². The minimum absolute atomic E-state index is 0.0618. The number of nitrogens with one attached hydrogen (secondary N) is 2. The molecule has 1 fully saturated rings. The number of halogens is 5. The number of carbonyl (C=O) groups is 1. The number of anilines is 2. The van der Waals surface area contributed by atoms with E-state index in [-0.39, 0.29) is 22.8 Å². The van der Waals surface area contributed by atoms with Gasteiger partial charge in [-0.3, -0.25) is 9.59 Å². The first kappa shape index (κ1) is 24.6. The number of alkyl halides is 3. The molecule has 3 aromatic rings. The molecule has 1 amide bonds. The van der Waals surface area contributed by atoms with Crippen LogP contribution in [0.4, 0.5) is 24.5 Å². The van der Waals surface area contributed by atoms with Gasteiger partial charge < -0.3 is 20.1 Å². The van der Waals surface area contributed by atoms with Gasteiger partial charge in [0.05, 0.1) is 16.3 Å². The third-order valence-electron chi connectivity index (χ3n) is 5.57. The fourth-order valence-electron chi connectivity index (χ4n) is 4.04. The van der Waals surface area contributed by atoms with Crippen molar-refractivity contribution in [3.8, 4) is 0 Å². The van der Waals surface area contributed by atoms with Crippen LogP contribution in [0.25, 0.3) is 5.65 Å². The Bertz CT molecular complexity index is 1300. The zero-order valence-corrected chi connectivity index (χ0v) is 20.4. The summed E-state index contributed by atoms with van der Waals surface area (Å²) in [6.45, 7) is 4.39. The van der Waals surface area contributed by atoms with Gasteiger partial charge in [-0.05, 0) is 40.5 Å². The summed E-state index contributed by atoms with van der Waals surface area (Å²) in [5.74, 6) is -0.509. The van der Waals surface area contributed by atoms with Gasteiger partial charge in [0.15, 0.2) is 0 Å². The summed E-state index contributed by atoms with van der Waals surface area (Å²) in [7, 11) is 0. The van der Waals surface area contributed by atoms with Gasteiger partial charge >= 0.3 is 6.18 Å². The Morgan fingerprint density at radius 1 is 1.26 bits per heavy atom. The fourth-order valence-corrected chi connectivity index (χ4v) is 4.63. The van der Waals surface area contributed by atoms with E-state index in [0.29, 0.717) is 41.1 Å². The van der Waals surface area contributed by atoms with Crippen molar-refractivity contribution in [1.29, 1.82) is 0 Å². The number of fused-ring (bicyclic) bond motifs is 1. The van der Waals surface area contributed by atoms with Gasteiger partial charge in [-0.15, -0.1) is 0 Å². The smallest absolute Gasteiger partial charge is 0.363 e. The number of carbonyl (C=O) groups excluding carboxylic acids is 1. The lowest BCUT2D eigenvalue weighted by Gasteiger charge is -2.31. The zero-order valence-electron chi connectivity index (χ0n) is 18.0. The van der Waals surface area contributed by atoms with Gasteiger partial charge in [-0.2, -0.15) is 22.8 Å². The average Bonchev–Trinajstić information content (AvgIpc) is 3.18. The largest absolute Gasteiger partial charge is 0.416 e. The molecule has 0 aliphatic carbocycles. The van der Waals surface area contributed by atoms with Crippen LogP contribution in [0.1, 0.15) is 18.2 Å². The molecule has 182 valence electrons. The van der Waals surface area contributed by atoms with E-state index in [1.807, 2.05) is 11.8 Å². The number of benzene rings is 1. The van der Waals surface area contributed by atoms with E-state index in [1.165, 1.54) is 4.52 Å². The van der Waals surface area contributed by atoms with Crippen LogP contribution < -0.4 is 21.1 Å². The summed E-state index contributed by atoms with van der Waals surface area (Å²) < 4.78 is 42.1. The molecule has 0 radical (unpaired) electrons. The average molecular weight is 562 g/mol. The molecule has 0 spiro atoms. The molecule has 8 nitrogen and oxygen atoms in total. The molecule has 1 aliphatic heterocycles. The minimum Gasteiger partial charge on any atom is -0.363 e. The topological polar surface area (TPSA) is 83.7 Å². The van der Waals surface area contributed by atoms with Gasteiger partial charge in [-0.1, -0.05) is 18.5 Å². The first-order chi connectivity index (χ1) is 16.1. The number of amides is 1. The van der Waals surface area contributed by atoms with Gasteiger partial charge in [0.1, 0.15) is 22.5 Å². The molecule has 4 rings (SSSR count). The fraction of sp³-hybridized carbons (Fsp3) is 0.381. The van der Waals surface area contributed by atoms with Gasteiger partial charge in [-0.25, -0.2) is 0 Å². The molecule has 3 heterocycles. The Hall–Kier alpha value is -2.57. The van der Waals surface area contributed by atoms with Crippen molar-refractivity contribution >= 4 is 50.5 Å². The molecular weight excluding hydrogens is 541 g/mol. The SMILES string of the molecule is CCc1c(N2CCNCC2)c(=O)n2nc(Br)cc2n1CC(=O)Nc1ccc(C(F)(F)F)cc1Cl. The molecule has 1 saturated heterocycles. The number of hydrogen-bond donors (Lipinski definition) is 2. The Morgan fingerprint density at radius 3 is 2.59 bits per heavy atom. The number of piperazine rings is 1. The molecule has 34 heavy (non-hydrogen) atoms. The summed E-state index contributed by atoms with van der Waals surface area (Å²) >= 11 is 9.29. The molecule has 1 aromatic carbocycles. The van der Waals surface area contributed by atoms with Crippen LogP contribution in [0.2, 0.25) is 5.02 Å². The third kappa shape index (κ3) is 4.80. The Labute approximate surface area is 205 Å². The number of rotatable bonds is 5. The lowest BCUT2D eigenvalue weighted by atomic mass is 10.2. The molecule has 2 N–H and O–H groups in total. The van der Waals surface area contributed by atoms with Crippen LogP contribution in [-0.2, 0) is 23.9 Å². The highest BCUT2D eigenvalue weighted by Gasteiger charge is 2.31. The number of hydrogen-bond acceptors (Lipinski definition) is 5. The van der Waals surface area contributed by atoms with Crippen molar-refractivity contribution in [1.82, 2.24) is 19.5 Å². The van der Waals surface area contributed by atoms with E-state index in [9.17, 15) is 22.8 Å². The maximum Gasteiger partial charge on any atom is 0.416 e. The van der Waals surface area contributed by atoms with E-state index in [1.54, 1.807) is 10.6 Å². The molecule has 0 unspecified atom stereocenters. The van der Waals surface area contributed by atoms with E-state index in [0.717, 1.165) is 31.3 Å². The number of nitrogens with zero attached hydrogens (tertiary/aromatic N) is 4. The monoisotopic (exact) mass is 560 g/mol. The highest BCUT2D eigenvalue weighted by atomic mass is 79.9. The highest BCUT2D eigenvalue weighted by Crippen LogP contribution is 2.34. The molecule has 1 aliphatic rings. The maximum absolute atomic E-state index is 13.3. The summed E-state index contributed by atoms with van der Waals surface area (Å²) in [6.07, 6.45) is -4.07. The Kier molecular flexibility index (Phi) is 6.92. The van der Waals surface area contributed by atoms with Gasteiger partial charge in [0.2, 0.25) is 5.91 Å². The molecule has 13 heteroatoms. The van der Waals surface area contributed by atoms with Crippen molar-refractivity contribution < 1.29 is 18.0 Å². The lowest BCUT2D eigenvalue weighted by molar-refractivity contribution is -0.137. The minimum atomic E-state index is -4.54. The number of aromatic nitrogens is 3. The quantitative estimate of drug-likeness (QED) is 0.498. The second-order valence-electron chi connectivity index (χ2n) is 7.75. The van der Waals surface area contributed by atoms with Gasteiger partial charge in [0, 0.05) is 37.9 Å². The first-order valence-electron chi connectivity index (χ1n) is 10.5. The van der Waals surface area contributed by atoms with Crippen molar-refractivity contribution in [2.24, 2.45) is 0 Å². The predicted octanol–water partition coefficient (Wildman–Crippen LogP) is 3.54. The highest BCUT2D eigenvalue weighted by molar-refractivity contribution is 9.10. The van der Waals surface area contributed by atoms with Crippen LogP contribution in [0.15, 0.2) is 33.7 Å². The molecule has 0 bridgehead atoms. The third-order valence-corrected chi connectivity index (χ3v) is 6.27. The van der Waals surface area contributed by atoms with Gasteiger partial charge in [0.25, 0.3) is 5.56 Å². The van der Waals surface area contributed by atoms with Crippen molar-refractivity contribution in [2.45, 2.75) is 26.1 Å². The van der Waals surface area contributed by atoms with Crippen LogP contribution in [0.3, 0.4) is 0 Å². The zero-order chi connectivity index (χ0) is 24.6. The lowest BCUT2D eigenvalue weighted by Crippen LogP contribution is -2.47. The van der Waals surface area contributed by atoms with E-state index < -0.39 is 17.6 Å². The summed E-state index contributed by atoms with van der Waals surface area (Å²) in [5.41, 5.74) is 0.443. The summed E-state index contributed by atoms with van der Waals surface area (Å²) in [4.78, 5) is 28.2. The van der Waals surface area contributed by atoms with E-state index in [2.05, 4.69) is 31.7 Å². The van der Waals surface area contributed by atoms with Crippen molar-refractivity contribution in [3.63, 3.8) is 0 Å². The van der Waals surface area contributed by atoms with Crippen LogP contribution in [0, 0.1) is 0 Å². The maximum atomic E-state index is 13.3. The Balaban J connectivity index is 1.72. The molecule has 2 aromatic heterocycles. The van der Waals surface area contributed by atoms with Crippen LogP contribution in [0.5, 0.6) is 0 Å². The standard InChI is InChI=1S/C21H21BrClF3N6O2/c1-2-15-19(30-7-5-27-6-8-30)20(34)32-18(10-16(22)29-32)31(15)11-17(33)28-14-4-3-12(9-13(14)23)21(24,25)26/h3-4,9-10,27H,2,5-8,11H2,1H3,(H,28,33). The van der Waals surface area contributed by atoms with Crippen molar-refractivity contribution in [2.75, 3.05) is 36.4 Å². The molecular formula is C21H21BrClF3N6O2. The normalized spacial score (nSPS) is 14.6. The Morgan fingerprint density at radius 2 is 1.97 bits per heavy atom. The van der Waals surface area contributed by atoms with E-state index >= 15 is 0 Å². The molecule has 0 atom stereocenters. The van der Waals surface area contributed by atoms with Crippen molar-refractivity contribution in [3.05, 3.63) is 55.5 Å². The van der Waals surface area contributed by atoms with Crippen LogP contribution in [-0.4, -0.2) is 46.3 Å². The predicted molar refractivity (Wildman–Crippen MR) is 127 cm³/mol. The second kappa shape index (κ2) is 9.59. The molecule has 0 saturated carbocycles.